The van der Waals surface area contributed by atoms with Crippen molar-refractivity contribution in [3.05, 3.63) is 33.4 Å². The molecule has 7 nitrogen and oxygen atoms in total. The summed E-state index contributed by atoms with van der Waals surface area (Å²) in [6.45, 7) is 2.50. The zero-order valence-corrected chi connectivity index (χ0v) is 13.5. The molecule has 1 aromatic carbocycles. The third-order valence-corrected chi connectivity index (χ3v) is 3.36. The van der Waals surface area contributed by atoms with E-state index in [1.807, 2.05) is 0 Å². The summed E-state index contributed by atoms with van der Waals surface area (Å²) in [7, 11) is 0. The number of halogens is 2. The van der Waals surface area contributed by atoms with Crippen molar-refractivity contribution in [3.8, 4) is 5.75 Å². The van der Waals surface area contributed by atoms with Crippen molar-refractivity contribution < 1.29 is 28.0 Å². The Balaban J connectivity index is 2.26. The summed E-state index contributed by atoms with van der Waals surface area (Å²) in [6, 6.07) is 2.41. The summed E-state index contributed by atoms with van der Waals surface area (Å²) >= 11 is 0. The van der Waals surface area contributed by atoms with Gasteiger partial charge >= 0.3 is 18.4 Å². The maximum Gasteiger partial charge on any atom is 0.410 e. The second-order valence-corrected chi connectivity index (χ2v) is 6.38. The Hall–Kier alpha value is -2.45. The molecule has 1 aliphatic rings. The highest BCUT2D eigenvalue weighted by Crippen LogP contribution is 2.34. The van der Waals surface area contributed by atoms with E-state index in [9.17, 15) is 23.7 Å². The Morgan fingerprint density at radius 2 is 2.00 bits per heavy atom. The van der Waals surface area contributed by atoms with E-state index in [2.05, 4.69) is 4.74 Å². The van der Waals surface area contributed by atoms with E-state index < -0.39 is 34.7 Å². The second-order valence-electron chi connectivity index (χ2n) is 6.38. The number of ether oxygens (including phenoxy) is 2. The SMILES string of the molecule is CC(C)(C)OC(=O)N1CCc2cc(OC(F)F)c([N+](=O)[O-])cc2C1. The zero-order chi connectivity index (χ0) is 18.1. The van der Waals surface area contributed by atoms with Crippen LogP contribution in [0.15, 0.2) is 12.1 Å². The van der Waals surface area contributed by atoms with Gasteiger partial charge in [0.2, 0.25) is 5.75 Å². The van der Waals surface area contributed by atoms with E-state index in [4.69, 9.17) is 4.74 Å². The van der Waals surface area contributed by atoms with Gasteiger partial charge in [0, 0.05) is 19.2 Å². The van der Waals surface area contributed by atoms with Crippen molar-refractivity contribution in [1.29, 1.82) is 0 Å². The molecule has 0 fully saturated rings. The highest BCUT2D eigenvalue weighted by Gasteiger charge is 2.29. The van der Waals surface area contributed by atoms with Crippen LogP contribution in [0.3, 0.4) is 0 Å². The first-order valence-electron chi connectivity index (χ1n) is 7.30. The van der Waals surface area contributed by atoms with Crippen LogP contribution >= 0.6 is 0 Å². The lowest BCUT2D eigenvalue weighted by atomic mass is 9.98. The molecule has 0 saturated heterocycles. The van der Waals surface area contributed by atoms with E-state index in [0.717, 1.165) is 0 Å². The average molecular weight is 344 g/mol. The molecule has 0 aromatic heterocycles. The van der Waals surface area contributed by atoms with Crippen molar-refractivity contribution in [2.45, 2.75) is 45.9 Å². The van der Waals surface area contributed by atoms with Crippen LogP contribution in [-0.2, 0) is 17.7 Å². The lowest BCUT2D eigenvalue weighted by Crippen LogP contribution is -2.39. The van der Waals surface area contributed by atoms with Gasteiger partial charge < -0.3 is 14.4 Å². The molecule has 0 atom stereocenters. The molecule has 0 spiro atoms. The Bertz CT molecular complexity index is 658. The van der Waals surface area contributed by atoms with Crippen LogP contribution in [0, 0.1) is 10.1 Å². The lowest BCUT2D eigenvalue weighted by molar-refractivity contribution is -0.386. The predicted octanol–water partition coefficient (Wildman–Crippen LogP) is 3.49. The minimum atomic E-state index is -3.15. The standard InChI is InChI=1S/C15H18F2N2O5/c1-15(2,3)24-14(20)18-5-4-9-7-12(23-13(16)17)11(19(21)22)6-10(9)8-18/h6-7,13H,4-5,8H2,1-3H3. The van der Waals surface area contributed by atoms with Gasteiger partial charge in [-0.05, 0) is 44.4 Å². The topological polar surface area (TPSA) is 81.9 Å². The number of nitro benzene ring substituents is 1. The van der Waals surface area contributed by atoms with Gasteiger partial charge in [-0.1, -0.05) is 0 Å². The minimum Gasteiger partial charge on any atom is -0.444 e. The van der Waals surface area contributed by atoms with Crippen LogP contribution in [0.4, 0.5) is 19.3 Å². The number of hydrogen-bond acceptors (Lipinski definition) is 5. The summed E-state index contributed by atoms with van der Waals surface area (Å²) < 4.78 is 34.3. The first-order valence-corrected chi connectivity index (χ1v) is 7.30. The number of alkyl halides is 2. The molecule has 0 radical (unpaired) electrons. The molecular formula is C15H18F2N2O5. The maximum absolute atomic E-state index is 12.4. The molecule has 1 aliphatic heterocycles. The fourth-order valence-corrected chi connectivity index (χ4v) is 2.39. The molecule has 0 bridgehead atoms. The Morgan fingerprint density at radius 3 is 2.54 bits per heavy atom. The van der Waals surface area contributed by atoms with Gasteiger partial charge in [0.25, 0.3) is 0 Å². The molecule has 9 heteroatoms. The smallest absolute Gasteiger partial charge is 0.410 e. The highest BCUT2D eigenvalue weighted by molar-refractivity contribution is 5.69. The quantitative estimate of drug-likeness (QED) is 0.619. The van der Waals surface area contributed by atoms with Gasteiger partial charge in [0.15, 0.2) is 0 Å². The van der Waals surface area contributed by atoms with Crippen LogP contribution in [-0.4, -0.2) is 34.7 Å². The van der Waals surface area contributed by atoms with Crippen LogP contribution in [0.1, 0.15) is 31.9 Å². The molecule has 0 saturated carbocycles. The summed E-state index contributed by atoms with van der Waals surface area (Å²) in [5.41, 5.74) is -0.0604. The molecule has 132 valence electrons. The van der Waals surface area contributed by atoms with Crippen LogP contribution in [0.25, 0.3) is 0 Å². The number of fused-ring (bicyclic) bond motifs is 1. The number of nitrogens with zero attached hydrogens (tertiary/aromatic N) is 2. The minimum absolute atomic E-state index is 0.111. The summed E-state index contributed by atoms with van der Waals surface area (Å²) in [6.07, 6.45) is -0.157. The van der Waals surface area contributed by atoms with Gasteiger partial charge in [-0.3, -0.25) is 10.1 Å². The van der Waals surface area contributed by atoms with Crippen molar-refractivity contribution in [2.75, 3.05) is 6.54 Å². The molecule has 1 amide bonds. The van der Waals surface area contributed by atoms with Gasteiger partial charge in [-0.2, -0.15) is 8.78 Å². The highest BCUT2D eigenvalue weighted by atomic mass is 19.3. The number of hydrogen-bond donors (Lipinski definition) is 0. The lowest BCUT2D eigenvalue weighted by Gasteiger charge is -2.31. The van der Waals surface area contributed by atoms with Gasteiger partial charge in [-0.15, -0.1) is 0 Å². The number of benzene rings is 1. The Morgan fingerprint density at radius 1 is 1.33 bits per heavy atom. The van der Waals surface area contributed by atoms with Crippen LogP contribution < -0.4 is 4.74 Å². The normalized spacial score (nSPS) is 14.3. The first-order chi connectivity index (χ1) is 11.1. The van der Waals surface area contributed by atoms with Crippen molar-refractivity contribution in [2.24, 2.45) is 0 Å². The third kappa shape index (κ3) is 4.30. The Kier molecular flexibility index (Phi) is 4.91. The molecule has 0 unspecified atom stereocenters. The summed E-state index contributed by atoms with van der Waals surface area (Å²) in [5.74, 6) is -0.473. The zero-order valence-electron chi connectivity index (χ0n) is 13.5. The van der Waals surface area contributed by atoms with E-state index in [0.29, 0.717) is 24.1 Å². The molecule has 2 rings (SSSR count). The van der Waals surface area contributed by atoms with Crippen molar-refractivity contribution in [3.63, 3.8) is 0 Å². The van der Waals surface area contributed by atoms with E-state index in [1.165, 1.54) is 17.0 Å². The fraction of sp³-hybridized carbons (Fsp3) is 0.533. The van der Waals surface area contributed by atoms with E-state index in [-0.39, 0.29) is 6.54 Å². The largest absolute Gasteiger partial charge is 0.444 e. The number of carbonyl (C=O) groups excluding carboxylic acids is 1. The Labute approximate surface area is 137 Å². The van der Waals surface area contributed by atoms with E-state index in [1.54, 1.807) is 20.8 Å². The summed E-state index contributed by atoms with van der Waals surface area (Å²) in [4.78, 5) is 23.8. The third-order valence-electron chi connectivity index (χ3n) is 3.36. The van der Waals surface area contributed by atoms with Crippen LogP contribution in [0.2, 0.25) is 0 Å². The predicted molar refractivity (Wildman–Crippen MR) is 80.1 cm³/mol. The molecule has 0 aliphatic carbocycles. The van der Waals surface area contributed by atoms with Crippen LogP contribution in [0.5, 0.6) is 5.75 Å². The monoisotopic (exact) mass is 344 g/mol. The number of nitro groups is 1. The number of rotatable bonds is 3. The van der Waals surface area contributed by atoms with Crippen molar-refractivity contribution >= 4 is 11.8 Å². The molecule has 24 heavy (non-hydrogen) atoms. The van der Waals surface area contributed by atoms with Crippen molar-refractivity contribution in [1.82, 2.24) is 4.90 Å². The first kappa shape index (κ1) is 17.9. The summed E-state index contributed by atoms with van der Waals surface area (Å²) in [5, 5.41) is 11.1. The second kappa shape index (κ2) is 6.58. The van der Waals surface area contributed by atoms with Gasteiger partial charge in [-0.25, -0.2) is 4.79 Å². The van der Waals surface area contributed by atoms with Gasteiger partial charge in [0.05, 0.1) is 4.92 Å². The maximum atomic E-state index is 12.4. The van der Waals surface area contributed by atoms with E-state index >= 15 is 0 Å². The molecule has 1 aromatic rings. The number of amides is 1. The molecule has 0 N–H and O–H groups in total. The number of carbonyl (C=O) groups is 1. The molecule has 1 heterocycles. The fourth-order valence-electron chi connectivity index (χ4n) is 2.39. The van der Waals surface area contributed by atoms with Gasteiger partial charge in [0.1, 0.15) is 5.60 Å². The molecular weight excluding hydrogens is 326 g/mol. The average Bonchev–Trinajstić information content (AvgIpc) is 2.43.